The third kappa shape index (κ3) is 4.05. The fourth-order valence-corrected chi connectivity index (χ4v) is 4.06. The van der Waals surface area contributed by atoms with Crippen LogP contribution in [-0.2, 0) is 10.0 Å². The molecule has 2 aromatic carbocycles. The minimum Gasteiger partial charge on any atom is -0.497 e. The van der Waals surface area contributed by atoms with Gasteiger partial charge in [0.25, 0.3) is 5.91 Å². The molecular weight excluding hydrogens is 400 g/mol. The van der Waals surface area contributed by atoms with Crippen LogP contribution in [0, 0.1) is 0 Å². The highest BCUT2D eigenvalue weighted by molar-refractivity contribution is 7.92. The SMILES string of the molecule is COc1ccc(OC)c(NC(=O)c2cc3cc(N(C)S(C)(=O)=O)ccc3s2)c1. The van der Waals surface area contributed by atoms with Gasteiger partial charge in [0.1, 0.15) is 11.5 Å². The van der Waals surface area contributed by atoms with Crippen LogP contribution < -0.4 is 19.1 Å². The van der Waals surface area contributed by atoms with Crippen LogP contribution in [0.4, 0.5) is 11.4 Å². The van der Waals surface area contributed by atoms with Crippen molar-refractivity contribution in [3.05, 3.63) is 47.3 Å². The monoisotopic (exact) mass is 420 g/mol. The molecule has 3 rings (SSSR count). The Bertz CT molecular complexity index is 1140. The van der Waals surface area contributed by atoms with Gasteiger partial charge in [-0.1, -0.05) is 0 Å². The summed E-state index contributed by atoms with van der Waals surface area (Å²) in [4.78, 5) is 13.2. The van der Waals surface area contributed by atoms with E-state index >= 15 is 0 Å². The summed E-state index contributed by atoms with van der Waals surface area (Å²) >= 11 is 1.32. The zero-order valence-electron chi connectivity index (χ0n) is 15.8. The zero-order chi connectivity index (χ0) is 20.5. The van der Waals surface area contributed by atoms with Crippen LogP contribution in [0.1, 0.15) is 9.67 Å². The highest BCUT2D eigenvalue weighted by Gasteiger charge is 2.16. The molecule has 0 bridgehead atoms. The number of methoxy groups -OCH3 is 2. The van der Waals surface area contributed by atoms with Crippen molar-refractivity contribution in [3.63, 3.8) is 0 Å². The molecule has 148 valence electrons. The summed E-state index contributed by atoms with van der Waals surface area (Å²) in [6, 6.07) is 12.1. The van der Waals surface area contributed by atoms with E-state index in [1.807, 2.05) is 0 Å². The zero-order valence-corrected chi connectivity index (χ0v) is 17.5. The number of hydrogen-bond donors (Lipinski definition) is 1. The summed E-state index contributed by atoms with van der Waals surface area (Å²) in [5.41, 5.74) is 1.04. The van der Waals surface area contributed by atoms with Gasteiger partial charge in [0.15, 0.2) is 0 Å². The number of benzene rings is 2. The second-order valence-corrected chi connectivity index (χ2v) is 9.18. The van der Waals surface area contributed by atoms with Gasteiger partial charge in [-0.3, -0.25) is 9.10 Å². The van der Waals surface area contributed by atoms with Crippen molar-refractivity contribution >= 4 is 48.7 Å². The second kappa shape index (κ2) is 7.69. The molecule has 1 aromatic heterocycles. The van der Waals surface area contributed by atoms with Crippen molar-refractivity contribution in [2.24, 2.45) is 0 Å². The first kappa shape index (κ1) is 20.0. The summed E-state index contributed by atoms with van der Waals surface area (Å²) in [5, 5.41) is 3.63. The predicted molar refractivity (Wildman–Crippen MR) is 113 cm³/mol. The Morgan fingerprint density at radius 2 is 1.82 bits per heavy atom. The van der Waals surface area contributed by atoms with Crippen LogP contribution >= 0.6 is 11.3 Å². The van der Waals surface area contributed by atoms with Gasteiger partial charge in [-0.15, -0.1) is 11.3 Å². The van der Waals surface area contributed by atoms with E-state index in [9.17, 15) is 13.2 Å². The molecule has 7 nitrogen and oxygen atoms in total. The number of carbonyl (C=O) groups excluding carboxylic acids is 1. The van der Waals surface area contributed by atoms with Crippen LogP contribution in [0.25, 0.3) is 10.1 Å². The molecule has 0 saturated carbocycles. The number of amides is 1. The highest BCUT2D eigenvalue weighted by Crippen LogP contribution is 2.32. The van der Waals surface area contributed by atoms with Gasteiger partial charge in [0.2, 0.25) is 10.0 Å². The molecule has 0 unspecified atom stereocenters. The Morgan fingerprint density at radius 1 is 1.07 bits per heavy atom. The van der Waals surface area contributed by atoms with E-state index in [0.717, 1.165) is 16.3 Å². The topological polar surface area (TPSA) is 84.9 Å². The van der Waals surface area contributed by atoms with E-state index in [-0.39, 0.29) is 5.91 Å². The maximum atomic E-state index is 12.7. The number of fused-ring (bicyclic) bond motifs is 1. The number of thiophene rings is 1. The number of rotatable bonds is 6. The first-order chi connectivity index (χ1) is 13.2. The first-order valence-corrected chi connectivity index (χ1v) is 10.9. The average molecular weight is 421 g/mol. The number of carbonyl (C=O) groups is 1. The quantitative estimate of drug-likeness (QED) is 0.659. The lowest BCUT2D eigenvalue weighted by atomic mass is 10.2. The number of hydrogen-bond acceptors (Lipinski definition) is 6. The number of ether oxygens (including phenoxy) is 2. The third-order valence-corrected chi connectivity index (χ3v) is 6.56. The number of anilines is 2. The highest BCUT2D eigenvalue weighted by atomic mass is 32.2. The van der Waals surface area contributed by atoms with Crippen LogP contribution in [0.3, 0.4) is 0 Å². The van der Waals surface area contributed by atoms with Crippen molar-refractivity contribution in [1.29, 1.82) is 0 Å². The van der Waals surface area contributed by atoms with Crippen LogP contribution in [0.2, 0.25) is 0 Å². The fourth-order valence-electron chi connectivity index (χ4n) is 2.63. The van der Waals surface area contributed by atoms with E-state index < -0.39 is 10.0 Å². The molecule has 0 saturated heterocycles. The first-order valence-electron chi connectivity index (χ1n) is 8.24. The lowest BCUT2D eigenvalue weighted by Gasteiger charge is -2.16. The van der Waals surface area contributed by atoms with Gasteiger partial charge in [-0.2, -0.15) is 0 Å². The summed E-state index contributed by atoms with van der Waals surface area (Å²) < 4.78 is 36.0. The Balaban J connectivity index is 1.91. The van der Waals surface area contributed by atoms with Crippen molar-refractivity contribution in [2.45, 2.75) is 0 Å². The van der Waals surface area contributed by atoms with Gasteiger partial charge >= 0.3 is 0 Å². The van der Waals surface area contributed by atoms with Crippen molar-refractivity contribution in [3.8, 4) is 11.5 Å². The second-order valence-electron chi connectivity index (χ2n) is 6.08. The summed E-state index contributed by atoms with van der Waals surface area (Å²) in [7, 11) is 1.20. The normalized spacial score (nSPS) is 11.3. The van der Waals surface area contributed by atoms with E-state index in [1.165, 1.54) is 29.8 Å². The van der Waals surface area contributed by atoms with E-state index in [1.54, 1.807) is 49.6 Å². The van der Waals surface area contributed by atoms with E-state index in [0.29, 0.717) is 27.8 Å². The van der Waals surface area contributed by atoms with Crippen molar-refractivity contribution < 1.29 is 22.7 Å². The summed E-state index contributed by atoms with van der Waals surface area (Å²) in [6.07, 6.45) is 1.14. The molecule has 1 heterocycles. The van der Waals surface area contributed by atoms with Gasteiger partial charge in [-0.05, 0) is 41.8 Å². The lowest BCUT2D eigenvalue weighted by molar-refractivity contribution is 0.103. The molecule has 0 radical (unpaired) electrons. The van der Waals surface area contributed by atoms with Crippen molar-refractivity contribution in [2.75, 3.05) is 37.1 Å². The Kier molecular flexibility index (Phi) is 5.48. The lowest BCUT2D eigenvalue weighted by Crippen LogP contribution is -2.24. The number of nitrogens with zero attached hydrogens (tertiary/aromatic N) is 1. The van der Waals surface area contributed by atoms with E-state index in [2.05, 4.69) is 5.32 Å². The molecule has 1 N–H and O–H groups in total. The van der Waals surface area contributed by atoms with Gasteiger partial charge in [-0.25, -0.2) is 8.42 Å². The van der Waals surface area contributed by atoms with Crippen LogP contribution in [0.15, 0.2) is 42.5 Å². The molecule has 0 spiro atoms. The summed E-state index contributed by atoms with van der Waals surface area (Å²) in [6.45, 7) is 0. The maximum Gasteiger partial charge on any atom is 0.265 e. The molecule has 3 aromatic rings. The third-order valence-electron chi connectivity index (χ3n) is 4.24. The maximum absolute atomic E-state index is 12.7. The largest absolute Gasteiger partial charge is 0.497 e. The average Bonchev–Trinajstić information content (AvgIpc) is 3.10. The molecule has 0 fully saturated rings. The predicted octanol–water partition coefficient (Wildman–Crippen LogP) is 3.57. The van der Waals surface area contributed by atoms with E-state index in [4.69, 9.17) is 9.47 Å². The molecule has 0 aliphatic heterocycles. The molecule has 28 heavy (non-hydrogen) atoms. The van der Waals surface area contributed by atoms with Crippen LogP contribution in [0.5, 0.6) is 11.5 Å². The van der Waals surface area contributed by atoms with Gasteiger partial charge < -0.3 is 14.8 Å². The Hall–Kier alpha value is -2.78. The minimum atomic E-state index is -3.36. The van der Waals surface area contributed by atoms with Gasteiger partial charge in [0.05, 0.1) is 36.7 Å². The standard InChI is InChI=1S/C19H20N2O5S2/c1-21(28(4,23)24)13-5-8-17-12(9-13)10-18(27-17)19(22)20-15-11-14(25-2)6-7-16(15)26-3/h5-11H,1-4H3,(H,20,22). The van der Waals surface area contributed by atoms with Crippen LogP contribution in [-0.4, -0.2) is 41.8 Å². The fraction of sp³-hybridized carbons (Fsp3) is 0.211. The molecular formula is C19H20N2O5S2. The molecule has 0 aliphatic carbocycles. The molecule has 0 aliphatic rings. The Morgan fingerprint density at radius 3 is 2.46 bits per heavy atom. The molecule has 0 atom stereocenters. The minimum absolute atomic E-state index is 0.286. The number of sulfonamides is 1. The molecule has 9 heteroatoms. The Labute approximate surface area is 167 Å². The smallest absolute Gasteiger partial charge is 0.265 e. The number of nitrogens with one attached hydrogen (secondary N) is 1. The summed E-state index contributed by atoms with van der Waals surface area (Å²) in [5.74, 6) is 0.832. The van der Waals surface area contributed by atoms with Gasteiger partial charge in [0, 0.05) is 17.8 Å². The molecule has 1 amide bonds. The van der Waals surface area contributed by atoms with Crippen molar-refractivity contribution in [1.82, 2.24) is 0 Å².